The Labute approximate surface area is 170 Å². The minimum Gasteiger partial charge on any atom is -0.363 e. The quantitative estimate of drug-likeness (QED) is 0.600. The van der Waals surface area contributed by atoms with Crippen molar-refractivity contribution in [2.24, 2.45) is 0 Å². The molecule has 0 aliphatic carbocycles. The van der Waals surface area contributed by atoms with Gasteiger partial charge in [-0.15, -0.1) is 0 Å². The average molecular weight is 418 g/mol. The summed E-state index contributed by atoms with van der Waals surface area (Å²) < 4.78 is 43.9. The van der Waals surface area contributed by atoms with Gasteiger partial charge in [0.2, 0.25) is 0 Å². The summed E-state index contributed by atoms with van der Waals surface area (Å²) in [6.07, 6.45) is 2.35. The van der Waals surface area contributed by atoms with Gasteiger partial charge in [0.25, 0.3) is 5.91 Å². The molecule has 0 radical (unpaired) electrons. The molecule has 0 fully saturated rings. The minimum atomic E-state index is -4.48. The minimum absolute atomic E-state index is 0.0875. The third-order valence-corrected chi connectivity index (χ3v) is 5.12. The van der Waals surface area contributed by atoms with Crippen LogP contribution in [0.2, 0.25) is 0 Å². The van der Waals surface area contributed by atoms with Crippen molar-refractivity contribution in [2.75, 3.05) is 11.9 Å². The molecule has 1 aliphatic heterocycles. The van der Waals surface area contributed by atoms with Gasteiger partial charge < -0.3 is 15.2 Å². The molecular formula is C20H21F3N6O. The molecule has 0 bridgehead atoms. The maximum Gasteiger partial charge on any atom is 0.410 e. The lowest BCUT2D eigenvalue weighted by molar-refractivity contribution is -0.173. The van der Waals surface area contributed by atoms with E-state index in [1.54, 1.807) is 42.9 Å². The molecule has 30 heavy (non-hydrogen) atoms. The number of benzene rings is 1. The van der Waals surface area contributed by atoms with Crippen molar-refractivity contribution in [2.45, 2.75) is 37.6 Å². The number of halogens is 3. The van der Waals surface area contributed by atoms with E-state index in [0.717, 1.165) is 10.2 Å². The monoisotopic (exact) mass is 418 g/mol. The van der Waals surface area contributed by atoms with Gasteiger partial charge in [-0.2, -0.15) is 18.3 Å². The van der Waals surface area contributed by atoms with Crippen LogP contribution >= 0.6 is 0 Å². The largest absolute Gasteiger partial charge is 0.410 e. The van der Waals surface area contributed by atoms with Crippen molar-refractivity contribution in [1.29, 1.82) is 0 Å². The van der Waals surface area contributed by atoms with Crippen LogP contribution in [0.4, 0.5) is 19.0 Å². The summed E-state index contributed by atoms with van der Waals surface area (Å²) in [6.45, 7) is 1.06. The van der Waals surface area contributed by atoms with Crippen molar-refractivity contribution >= 4 is 11.7 Å². The van der Waals surface area contributed by atoms with Gasteiger partial charge in [-0.3, -0.25) is 4.79 Å². The van der Waals surface area contributed by atoms with E-state index >= 15 is 0 Å². The number of imidazole rings is 1. The molecule has 1 amide bonds. The van der Waals surface area contributed by atoms with Crippen molar-refractivity contribution in [3.05, 3.63) is 66.4 Å². The summed E-state index contributed by atoms with van der Waals surface area (Å²) in [4.78, 5) is 16.6. The molecule has 158 valence electrons. The first-order valence-corrected chi connectivity index (χ1v) is 9.63. The van der Waals surface area contributed by atoms with Crippen LogP contribution in [0.1, 0.15) is 40.8 Å². The molecule has 0 unspecified atom stereocenters. The number of hydrogen-bond donors (Lipinski definition) is 2. The summed E-state index contributed by atoms with van der Waals surface area (Å²) in [7, 11) is 0. The lowest BCUT2D eigenvalue weighted by Gasteiger charge is -2.34. The molecule has 10 heteroatoms. The molecule has 2 atom stereocenters. The molecule has 3 aromatic rings. The van der Waals surface area contributed by atoms with Crippen molar-refractivity contribution in [3.8, 4) is 0 Å². The van der Waals surface area contributed by atoms with E-state index in [0.29, 0.717) is 19.5 Å². The number of carbonyl (C=O) groups excluding carboxylic acids is 1. The fourth-order valence-electron chi connectivity index (χ4n) is 3.61. The van der Waals surface area contributed by atoms with Gasteiger partial charge in [-0.05, 0) is 12.0 Å². The molecule has 2 N–H and O–H groups in total. The second-order valence-electron chi connectivity index (χ2n) is 7.16. The van der Waals surface area contributed by atoms with Crippen LogP contribution in [0, 0.1) is 0 Å². The van der Waals surface area contributed by atoms with E-state index < -0.39 is 24.2 Å². The normalized spacial score (nSPS) is 18.5. The molecule has 0 saturated carbocycles. The number of hydrogen-bond acceptors (Lipinski definition) is 4. The summed E-state index contributed by atoms with van der Waals surface area (Å²) in [6, 6.07) is 6.52. The number of nitrogens with zero attached hydrogens (tertiary/aromatic N) is 4. The molecule has 1 aliphatic rings. The number of rotatable bonds is 6. The Hall–Kier alpha value is -3.30. The second kappa shape index (κ2) is 8.21. The van der Waals surface area contributed by atoms with Crippen molar-refractivity contribution < 1.29 is 18.0 Å². The Kier molecular flexibility index (Phi) is 5.47. The number of anilines is 1. The highest BCUT2D eigenvalue weighted by Gasteiger charge is 2.47. The first-order valence-electron chi connectivity index (χ1n) is 9.63. The third-order valence-electron chi connectivity index (χ3n) is 5.12. The lowest BCUT2D eigenvalue weighted by atomic mass is 9.96. The summed E-state index contributed by atoms with van der Waals surface area (Å²) in [5.41, 5.74) is 0.832. The maximum absolute atomic E-state index is 13.7. The van der Waals surface area contributed by atoms with Gasteiger partial charge in [0.1, 0.15) is 11.4 Å². The molecule has 1 aromatic carbocycles. The number of fused-ring (bicyclic) bond motifs is 1. The third kappa shape index (κ3) is 4.17. The topological polar surface area (TPSA) is 76.8 Å². The number of amides is 1. The van der Waals surface area contributed by atoms with Crippen molar-refractivity contribution in [3.63, 3.8) is 0 Å². The van der Waals surface area contributed by atoms with Gasteiger partial charge in [0.05, 0.1) is 18.6 Å². The summed E-state index contributed by atoms with van der Waals surface area (Å²) in [5.74, 6) is -0.367. The Morgan fingerprint density at radius 3 is 2.77 bits per heavy atom. The standard InChI is InChI=1S/C20H21F3N6O/c21-20(22,23)17-11-16(14-5-2-1-3-6-14)27-18-15(12-26-29(17)18)19(30)25-7-4-9-28-10-8-24-13-28/h1-3,5-6,8,10,12-13,16-17,27H,4,7,9,11H2,(H,25,30)/t16-,17-/m1/s1. The van der Waals surface area contributed by atoms with Crippen LogP contribution < -0.4 is 10.6 Å². The zero-order valence-corrected chi connectivity index (χ0v) is 16.0. The van der Waals surface area contributed by atoms with E-state index in [9.17, 15) is 18.0 Å². The first-order chi connectivity index (χ1) is 14.4. The van der Waals surface area contributed by atoms with Gasteiger partial charge in [0.15, 0.2) is 6.04 Å². The fraction of sp³-hybridized carbons (Fsp3) is 0.350. The molecule has 0 spiro atoms. The SMILES string of the molecule is O=C(NCCCn1ccnc1)c1cnn2c1N[C@@H](c1ccccc1)C[C@@H]2C(F)(F)F. The highest BCUT2D eigenvalue weighted by Crippen LogP contribution is 2.44. The van der Waals surface area contributed by atoms with Gasteiger partial charge >= 0.3 is 6.18 Å². The molecule has 0 saturated heterocycles. The molecule has 4 rings (SSSR count). The van der Waals surface area contributed by atoms with E-state index in [4.69, 9.17) is 0 Å². The van der Waals surface area contributed by atoms with E-state index in [1.807, 2.05) is 10.8 Å². The Morgan fingerprint density at radius 1 is 1.27 bits per heavy atom. The molecular weight excluding hydrogens is 397 g/mol. The number of aryl methyl sites for hydroxylation is 1. The smallest absolute Gasteiger partial charge is 0.363 e. The second-order valence-corrected chi connectivity index (χ2v) is 7.16. The molecule has 2 aromatic heterocycles. The van der Waals surface area contributed by atoms with E-state index in [-0.39, 0.29) is 17.8 Å². The first kappa shape index (κ1) is 20.0. The average Bonchev–Trinajstić information content (AvgIpc) is 3.40. The van der Waals surface area contributed by atoms with E-state index in [1.165, 1.54) is 6.20 Å². The van der Waals surface area contributed by atoms with Crippen molar-refractivity contribution in [1.82, 2.24) is 24.6 Å². The molecule has 3 heterocycles. The number of nitrogens with one attached hydrogen (secondary N) is 2. The zero-order chi connectivity index (χ0) is 21.1. The van der Waals surface area contributed by atoms with Gasteiger partial charge in [-0.1, -0.05) is 30.3 Å². The summed E-state index contributed by atoms with van der Waals surface area (Å²) >= 11 is 0. The highest BCUT2D eigenvalue weighted by atomic mass is 19.4. The van der Waals surface area contributed by atoms with Gasteiger partial charge in [0, 0.05) is 31.9 Å². The van der Waals surface area contributed by atoms with E-state index in [2.05, 4.69) is 20.7 Å². The Balaban J connectivity index is 1.51. The van der Waals surface area contributed by atoms with Crippen LogP contribution in [-0.2, 0) is 6.54 Å². The predicted octanol–water partition coefficient (Wildman–Crippen LogP) is 3.56. The highest BCUT2D eigenvalue weighted by molar-refractivity contribution is 5.98. The van der Waals surface area contributed by atoms with Crippen LogP contribution in [0.25, 0.3) is 0 Å². The Morgan fingerprint density at radius 2 is 2.07 bits per heavy atom. The van der Waals surface area contributed by atoms with Crippen LogP contribution in [-0.4, -0.2) is 38.0 Å². The predicted molar refractivity (Wildman–Crippen MR) is 104 cm³/mol. The Bertz CT molecular complexity index is 984. The summed E-state index contributed by atoms with van der Waals surface area (Å²) in [5, 5.41) is 9.73. The van der Waals surface area contributed by atoms with Crippen LogP contribution in [0.5, 0.6) is 0 Å². The number of aromatic nitrogens is 4. The van der Waals surface area contributed by atoms with Crippen LogP contribution in [0.15, 0.2) is 55.2 Å². The molecule has 7 nitrogen and oxygen atoms in total. The van der Waals surface area contributed by atoms with Gasteiger partial charge in [-0.25, -0.2) is 9.67 Å². The number of alkyl halides is 3. The van der Waals surface area contributed by atoms with Crippen LogP contribution in [0.3, 0.4) is 0 Å². The fourth-order valence-corrected chi connectivity index (χ4v) is 3.61. The number of carbonyl (C=O) groups is 1. The lowest BCUT2D eigenvalue weighted by Crippen LogP contribution is -2.36. The maximum atomic E-state index is 13.7. The zero-order valence-electron chi connectivity index (χ0n) is 16.0.